The minimum atomic E-state index is -1.07. The molecule has 1 aromatic carbocycles. The third-order valence-corrected chi connectivity index (χ3v) is 4.68. The predicted octanol–water partition coefficient (Wildman–Crippen LogP) is 3.64. The molecule has 0 saturated heterocycles. The first-order valence-corrected chi connectivity index (χ1v) is 8.43. The second-order valence-corrected chi connectivity index (χ2v) is 6.77. The van der Waals surface area contributed by atoms with E-state index in [0.717, 1.165) is 36.6 Å². The highest BCUT2D eigenvalue weighted by Crippen LogP contribution is 2.30. The first kappa shape index (κ1) is 16.2. The van der Waals surface area contributed by atoms with Crippen LogP contribution in [0.4, 0.5) is 5.82 Å². The highest BCUT2D eigenvalue weighted by molar-refractivity contribution is 6.31. The average Bonchev–Trinajstić information content (AvgIpc) is 2.53. The van der Waals surface area contributed by atoms with Gasteiger partial charge in [-0.15, -0.1) is 0 Å². The van der Waals surface area contributed by atoms with Crippen LogP contribution in [0.2, 0.25) is 5.02 Å². The van der Waals surface area contributed by atoms with E-state index in [1.54, 1.807) is 13.0 Å². The zero-order chi connectivity index (χ0) is 16.4. The van der Waals surface area contributed by atoms with Crippen molar-refractivity contribution in [1.29, 1.82) is 0 Å². The van der Waals surface area contributed by atoms with E-state index in [9.17, 15) is 5.11 Å². The van der Waals surface area contributed by atoms with E-state index >= 15 is 0 Å². The molecule has 0 fully saturated rings. The minimum Gasteiger partial charge on any atom is -0.384 e. The lowest BCUT2D eigenvalue weighted by atomic mass is 9.94. The second kappa shape index (κ2) is 6.46. The van der Waals surface area contributed by atoms with Gasteiger partial charge in [0.05, 0.1) is 0 Å². The molecule has 1 unspecified atom stereocenters. The molecule has 1 aromatic heterocycles. The molecule has 1 aliphatic rings. The van der Waals surface area contributed by atoms with Crippen LogP contribution in [-0.2, 0) is 18.4 Å². The predicted molar refractivity (Wildman–Crippen MR) is 92.9 cm³/mol. The van der Waals surface area contributed by atoms with Crippen molar-refractivity contribution in [2.45, 2.75) is 45.1 Å². The van der Waals surface area contributed by atoms with Crippen molar-refractivity contribution in [3.05, 3.63) is 51.9 Å². The zero-order valence-corrected chi connectivity index (χ0v) is 14.3. The Morgan fingerprint density at radius 1 is 1.22 bits per heavy atom. The van der Waals surface area contributed by atoms with Gasteiger partial charge in [0.25, 0.3) is 0 Å². The number of rotatable bonds is 4. The molecular formula is C18H22ClN3O. The molecule has 1 aliphatic carbocycles. The van der Waals surface area contributed by atoms with Crippen molar-refractivity contribution < 1.29 is 5.11 Å². The Hall–Kier alpha value is -1.65. The van der Waals surface area contributed by atoms with Crippen LogP contribution in [0.25, 0.3) is 0 Å². The lowest BCUT2D eigenvalue weighted by Gasteiger charge is -2.27. The molecule has 0 aliphatic heterocycles. The second-order valence-electron chi connectivity index (χ2n) is 6.36. The molecule has 2 N–H and O–H groups in total. The van der Waals surface area contributed by atoms with Gasteiger partial charge in [0.1, 0.15) is 17.2 Å². The monoisotopic (exact) mass is 331 g/mol. The number of nitrogens with one attached hydrogen (secondary N) is 1. The van der Waals surface area contributed by atoms with E-state index in [2.05, 4.69) is 15.3 Å². The third-order valence-electron chi connectivity index (χ3n) is 4.35. The van der Waals surface area contributed by atoms with Crippen molar-refractivity contribution in [2.75, 3.05) is 11.9 Å². The van der Waals surface area contributed by atoms with Gasteiger partial charge in [0, 0.05) is 28.4 Å². The summed E-state index contributed by atoms with van der Waals surface area (Å²) in [7, 11) is 0. The molecule has 0 amide bonds. The summed E-state index contributed by atoms with van der Waals surface area (Å²) in [6, 6.07) is 7.39. The third kappa shape index (κ3) is 3.48. The number of fused-ring (bicyclic) bond motifs is 1. The number of nitrogens with zero attached hydrogens (tertiary/aromatic N) is 2. The average molecular weight is 332 g/mol. The highest BCUT2D eigenvalue weighted by atomic mass is 35.5. The Morgan fingerprint density at radius 3 is 2.74 bits per heavy atom. The van der Waals surface area contributed by atoms with Crippen LogP contribution in [0.15, 0.2) is 24.3 Å². The molecule has 1 heterocycles. The maximum Gasteiger partial charge on any atom is 0.133 e. The largest absolute Gasteiger partial charge is 0.384 e. The quantitative estimate of drug-likeness (QED) is 0.898. The highest BCUT2D eigenvalue weighted by Gasteiger charge is 2.26. The summed E-state index contributed by atoms with van der Waals surface area (Å²) in [6.07, 6.45) is 4.34. The van der Waals surface area contributed by atoms with Gasteiger partial charge in [-0.2, -0.15) is 0 Å². The van der Waals surface area contributed by atoms with E-state index in [1.165, 1.54) is 12.0 Å². The molecule has 1 atom stereocenters. The normalized spacial score (nSPS) is 16.5. The summed E-state index contributed by atoms with van der Waals surface area (Å²) in [5, 5.41) is 14.7. The fourth-order valence-electron chi connectivity index (χ4n) is 3.11. The molecule has 2 aromatic rings. The van der Waals surface area contributed by atoms with Crippen molar-refractivity contribution >= 4 is 17.4 Å². The summed E-state index contributed by atoms with van der Waals surface area (Å²) in [6.45, 7) is 4.02. The van der Waals surface area contributed by atoms with Crippen molar-refractivity contribution in [3.63, 3.8) is 0 Å². The topological polar surface area (TPSA) is 58.0 Å². The summed E-state index contributed by atoms with van der Waals surface area (Å²) in [5.41, 5.74) is 1.98. The first-order valence-electron chi connectivity index (χ1n) is 8.05. The minimum absolute atomic E-state index is 0.347. The van der Waals surface area contributed by atoms with Crippen LogP contribution in [0.5, 0.6) is 0 Å². The first-order chi connectivity index (χ1) is 11.0. The number of hydrogen-bond acceptors (Lipinski definition) is 4. The molecule has 0 spiro atoms. The van der Waals surface area contributed by atoms with Crippen LogP contribution >= 0.6 is 11.6 Å². The van der Waals surface area contributed by atoms with Gasteiger partial charge >= 0.3 is 0 Å². The molecule has 23 heavy (non-hydrogen) atoms. The fraction of sp³-hybridized carbons (Fsp3) is 0.444. The van der Waals surface area contributed by atoms with Gasteiger partial charge < -0.3 is 10.4 Å². The molecule has 5 heteroatoms. The maximum atomic E-state index is 10.8. The van der Waals surface area contributed by atoms with Crippen molar-refractivity contribution in [3.8, 4) is 0 Å². The Kier molecular flexibility index (Phi) is 4.55. The van der Waals surface area contributed by atoms with Crippen molar-refractivity contribution in [1.82, 2.24) is 9.97 Å². The summed E-state index contributed by atoms with van der Waals surface area (Å²) >= 11 is 6.22. The number of hydrogen-bond donors (Lipinski definition) is 2. The Labute approximate surface area is 141 Å². The van der Waals surface area contributed by atoms with Gasteiger partial charge in [-0.25, -0.2) is 9.97 Å². The van der Waals surface area contributed by atoms with Crippen LogP contribution in [0.3, 0.4) is 0 Å². The Bertz CT molecular complexity index is 715. The summed E-state index contributed by atoms with van der Waals surface area (Å²) < 4.78 is 0. The molecule has 0 bridgehead atoms. The van der Waals surface area contributed by atoms with Gasteiger partial charge in [-0.1, -0.05) is 29.8 Å². The van der Waals surface area contributed by atoms with E-state index in [1.807, 2.05) is 25.1 Å². The number of aryl methyl sites for hydroxylation is 2. The van der Waals surface area contributed by atoms with E-state index in [4.69, 9.17) is 11.6 Å². The van der Waals surface area contributed by atoms with E-state index < -0.39 is 5.60 Å². The number of benzene rings is 1. The molecule has 0 saturated carbocycles. The number of halogens is 1. The fourth-order valence-corrected chi connectivity index (χ4v) is 3.45. The standard InChI is InChI=1S/C18H22ClN3O/c1-12-21-16-10-6-3-7-13(16)17(22-12)20-11-18(2,23)14-8-4-5-9-15(14)19/h4-5,8-9,23H,3,6-7,10-11H2,1-2H3,(H,20,21,22). The number of aromatic nitrogens is 2. The molecule has 3 rings (SSSR count). The van der Waals surface area contributed by atoms with Crippen LogP contribution in [-0.4, -0.2) is 21.6 Å². The van der Waals surface area contributed by atoms with Crippen LogP contribution in [0, 0.1) is 6.92 Å². The lowest BCUT2D eigenvalue weighted by molar-refractivity contribution is 0.0715. The Morgan fingerprint density at radius 2 is 1.96 bits per heavy atom. The van der Waals surface area contributed by atoms with Crippen LogP contribution in [0.1, 0.15) is 42.4 Å². The molecule has 122 valence electrons. The van der Waals surface area contributed by atoms with Gasteiger partial charge in [0.2, 0.25) is 0 Å². The number of aliphatic hydroxyl groups is 1. The number of anilines is 1. The molecule has 0 radical (unpaired) electrons. The molecular weight excluding hydrogens is 310 g/mol. The Balaban J connectivity index is 1.83. The zero-order valence-electron chi connectivity index (χ0n) is 13.6. The smallest absolute Gasteiger partial charge is 0.133 e. The van der Waals surface area contributed by atoms with Gasteiger partial charge in [0.15, 0.2) is 0 Å². The van der Waals surface area contributed by atoms with Gasteiger partial charge in [-0.3, -0.25) is 0 Å². The summed E-state index contributed by atoms with van der Waals surface area (Å²) in [4.78, 5) is 9.10. The van der Waals surface area contributed by atoms with E-state index in [0.29, 0.717) is 17.1 Å². The molecule has 4 nitrogen and oxygen atoms in total. The summed E-state index contributed by atoms with van der Waals surface area (Å²) in [5.74, 6) is 1.62. The maximum absolute atomic E-state index is 10.8. The lowest BCUT2D eigenvalue weighted by Crippen LogP contribution is -2.32. The van der Waals surface area contributed by atoms with E-state index in [-0.39, 0.29) is 0 Å². The van der Waals surface area contributed by atoms with Crippen molar-refractivity contribution in [2.24, 2.45) is 0 Å². The van der Waals surface area contributed by atoms with Gasteiger partial charge in [-0.05, 0) is 45.6 Å². The van der Waals surface area contributed by atoms with Crippen LogP contribution < -0.4 is 5.32 Å². The SMILES string of the molecule is Cc1nc2c(c(NCC(C)(O)c3ccccc3Cl)n1)CCCC2.